The van der Waals surface area contributed by atoms with Gasteiger partial charge in [-0.05, 0) is 37.1 Å². The molecule has 2 aromatic rings. The van der Waals surface area contributed by atoms with Crippen molar-refractivity contribution in [3.63, 3.8) is 0 Å². The Kier molecular flexibility index (Phi) is 3.43. The van der Waals surface area contributed by atoms with Gasteiger partial charge in [0.1, 0.15) is 11.6 Å². The van der Waals surface area contributed by atoms with E-state index in [9.17, 15) is 8.78 Å². The fraction of sp³-hybridized carbons (Fsp3) is 0.200. The zero-order valence-corrected chi connectivity index (χ0v) is 10.4. The highest BCUT2D eigenvalue weighted by Crippen LogP contribution is 2.27. The van der Waals surface area contributed by atoms with Crippen LogP contribution in [-0.2, 0) is 0 Å². The summed E-state index contributed by atoms with van der Waals surface area (Å²) in [6.45, 7) is 3.81. The monoisotopic (exact) mass is 247 g/mol. The predicted octanol–water partition coefficient (Wildman–Crippen LogP) is 3.63. The van der Waals surface area contributed by atoms with E-state index < -0.39 is 17.7 Å². The Bertz CT molecular complexity index is 558. The quantitative estimate of drug-likeness (QED) is 0.861. The van der Waals surface area contributed by atoms with Crippen LogP contribution in [0.5, 0.6) is 0 Å². The molecule has 0 aliphatic carbocycles. The zero-order chi connectivity index (χ0) is 13.3. The molecule has 0 saturated heterocycles. The third kappa shape index (κ3) is 2.27. The Hall–Kier alpha value is -1.74. The topological polar surface area (TPSA) is 26.0 Å². The van der Waals surface area contributed by atoms with Crippen molar-refractivity contribution in [2.45, 2.75) is 19.9 Å². The molecule has 0 spiro atoms. The fourth-order valence-electron chi connectivity index (χ4n) is 2.06. The molecular formula is C15H15F2N. The summed E-state index contributed by atoms with van der Waals surface area (Å²) in [4.78, 5) is 0. The van der Waals surface area contributed by atoms with Gasteiger partial charge < -0.3 is 5.73 Å². The molecule has 0 saturated carbocycles. The number of rotatable bonds is 2. The van der Waals surface area contributed by atoms with Crippen LogP contribution in [0.4, 0.5) is 8.78 Å². The van der Waals surface area contributed by atoms with E-state index in [2.05, 4.69) is 0 Å². The lowest BCUT2D eigenvalue weighted by molar-refractivity contribution is 0.543. The van der Waals surface area contributed by atoms with Gasteiger partial charge in [-0.15, -0.1) is 0 Å². The first-order valence-electron chi connectivity index (χ1n) is 5.77. The number of nitrogens with two attached hydrogens (primary N) is 1. The van der Waals surface area contributed by atoms with E-state index in [1.807, 2.05) is 32.0 Å². The summed E-state index contributed by atoms with van der Waals surface area (Å²) in [6, 6.07) is 8.72. The second-order valence-corrected chi connectivity index (χ2v) is 4.47. The van der Waals surface area contributed by atoms with E-state index in [0.717, 1.165) is 16.7 Å². The van der Waals surface area contributed by atoms with Gasteiger partial charge >= 0.3 is 0 Å². The molecule has 18 heavy (non-hydrogen) atoms. The molecule has 1 unspecified atom stereocenters. The molecule has 2 aromatic carbocycles. The zero-order valence-electron chi connectivity index (χ0n) is 10.4. The molecule has 1 atom stereocenters. The molecule has 0 aliphatic rings. The standard InChI is InChI=1S/C15H15F2N/c1-9-6-7-10(2)11(8-9)15(18)14-12(16)4-3-5-13(14)17/h3-8,15H,18H2,1-2H3. The second-order valence-electron chi connectivity index (χ2n) is 4.47. The van der Waals surface area contributed by atoms with Gasteiger partial charge in [-0.1, -0.05) is 29.8 Å². The summed E-state index contributed by atoms with van der Waals surface area (Å²) < 4.78 is 27.4. The molecule has 0 radical (unpaired) electrons. The second kappa shape index (κ2) is 4.86. The van der Waals surface area contributed by atoms with Crippen molar-refractivity contribution in [2.75, 3.05) is 0 Å². The van der Waals surface area contributed by atoms with Crippen molar-refractivity contribution >= 4 is 0 Å². The lowest BCUT2D eigenvalue weighted by Crippen LogP contribution is -2.17. The average Bonchev–Trinajstić information content (AvgIpc) is 2.32. The molecule has 0 heterocycles. The molecule has 1 nitrogen and oxygen atoms in total. The number of halogens is 2. The van der Waals surface area contributed by atoms with Crippen LogP contribution in [0.2, 0.25) is 0 Å². The minimum absolute atomic E-state index is 0.0776. The Balaban J connectivity index is 2.54. The Morgan fingerprint density at radius 3 is 2.22 bits per heavy atom. The van der Waals surface area contributed by atoms with Crippen LogP contribution in [0.25, 0.3) is 0 Å². The predicted molar refractivity (Wildman–Crippen MR) is 68.3 cm³/mol. The summed E-state index contributed by atoms with van der Waals surface area (Å²) in [5.74, 6) is -1.22. The van der Waals surface area contributed by atoms with E-state index in [4.69, 9.17) is 5.73 Å². The minimum atomic E-state index is -0.786. The molecule has 0 aromatic heterocycles. The van der Waals surface area contributed by atoms with Crippen LogP contribution >= 0.6 is 0 Å². The third-order valence-corrected chi connectivity index (χ3v) is 3.08. The lowest BCUT2D eigenvalue weighted by Gasteiger charge is -2.17. The highest BCUT2D eigenvalue weighted by molar-refractivity contribution is 5.39. The highest BCUT2D eigenvalue weighted by Gasteiger charge is 2.19. The molecule has 3 heteroatoms. The normalized spacial score (nSPS) is 12.5. The first kappa shape index (κ1) is 12.7. The molecule has 0 aliphatic heterocycles. The van der Waals surface area contributed by atoms with Crippen LogP contribution in [0.15, 0.2) is 36.4 Å². The van der Waals surface area contributed by atoms with E-state index >= 15 is 0 Å². The van der Waals surface area contributed by atoms with E-state index in [1.54, 1.807) is 0 Å². The number of hydrogen-bond donors (Lipinski definition) is 1. The van der Waals surface area contributed by atoms with Gasteiger partial charge in [-0.3, -0.25) is 0 Å². The first-order chi connectivity index (χ1) is 8.50. The van der Waals surface area contributed by atoms with Crippen molar-refractivity contribution in [1.82, 2.24) is 0 Å². The summed E-state index contributed by atoms with van der Waals surface area (Å²) >= 11 is 0. The summed E-state index contributed by atoms with van der Waals surface area (Å²) in [7, 11) is 0. The molecule has 0 fully saturated rings. The van der Waals surface area contributed by atoms with Crippen LogP contribution in [0, 0.1) is 25.5 Å². The fourth-order valence-corrected chi connectivity index (χ4v) is 2.06. The van der Waals surface area contributed by atoms with Gasteiger partial charge in [0.2, 0.25) is 0 Å². The van der Waals surface area contributed by atoms with Gasteiger partial charge in [0.15, 0.2) is 0 Å². The largest absolute Gasteiger partial charge is 0.320 e. The van der Waals surface area contributed by atoms with E-state index in [0.29, 0.717) is 0 Å². The first-order valence-corrected chi connectivity index (χ1v) is 5.77. The number of hydrogen-bond acceptors (Lipinski definition) is 1. The Morgan fingerprint density at radius 2 is 1.61 bits per heavy atom. The minimum Gasteiger partial charge on any atom is -0.320 e. The van der Waals surface area contributed by atoms with Crippen LogP contribution in [0.1, 0.15) is 28.3 Å². The van der Waals surface area contributed by atoms with Crippen molar-refractivity contribution in [1.29, 1.82) is 0 Å². The lowest BCUT2D eigenvalue weighted by atomic mass is 9.93. The van der Waals surface area contributed by atoms with Crippen molar-refractivity contribution in [3.8, 4) is 0 Å². The smallest absolute Gasteiger partial charge is 0.131 e. The van der Waals surface area contributed by atoms with Gasteiger partial charge in [-0.25, -0.2) is 8.78 Å². The molecule has 0 amide bonds. The maximum Gasteiger partial charge on any atom is 0.131 e. The van der Waals surface area contributed by atoms with Crippen LogP contribution in [0.3, 0.4) is 0 Å². The van der Waals surface area contributed by atoms with Gasteiger partial charge in [-0.2, -0.15) is 0 Å². The van der Waals surface area contributed by atoms with Gasteiger partial charge in [0.05, 0.1) is 6.04 Å². The highest BCUT2D eigenvalue weighted by atomic mass is 19.1. The summed E-state index contributed by atoms with van der Waals surface area (Å²) in [6.07, 6.45) is 0. The average molecular weight is 247 g/mol. The van der Waals surface area contributed by atoms with E-state index in [1.165, 1.54) is 18.2 Å². The third-order valence-electron chi connectivity index (χ3n) is 3.08. The number of aryl methyl sites for hydroxylation is 2. The SMILES string of the molecule is Cc1ccc(C)c(C(N)c2c(F)cccc2F)c1. The van der Waals surface area contributed by atoms with Crippen molar-refractivity contribution in [2.24, 2.45) is 5.73 Å². The maximum absolute atomic E-state index is 13.7. The molecule has 2 rings (SSSR count). The molecule has 0 bridgehead atoms. The van der Waals surface area contributed by atoms with Gasteiger partial charge in [0.25, 0.3) is 0 Å². The summed E-state index contributed by atoms with van der Waals surface area (Å²) in [5.41, 5.74) is 8.62. The Labute approximate surface area is 105 Å². The Morgan fingerprint density at radius 1 is 1.00 bits per heavy atom. The maximum atomic E-state index is 13.7. The van der Waals surface area contributed by atoms with Crippen molar-refractivity contribution < 1.29 is 8.78 Å². The van der Waals surface area contributed by atoms with Crippen LogP contribution < -0.4 is 5.73 Å². The molecule has 2 N–H and O–H groups in total. The van der Waals surface area contributed by atoms with Gasteiger partial charge in [0, 0.05) is 5.56 Å². The summed E-state index contributed by atoms with van der Waals surface area (Å²) in [5, 5.41) is 0. The van der Waals surface area contributed by atoms with Crippen molar-refractivity contribution in [3.05, 3.63) is 70.3 Å². The molecular weight excluding hydrogens is 232 g/mol. The van der Waals surface area contributed by atoms with Crippen LogP contribution in [-0.4, -0.2) is 0 Å². The van der Waals surface area contributed by atoms with E-state index in [-0.39, 0.29) is 5.56 Å². The molecule has 94 valence electrons. The number of benzene rings is 2.